The topological polar surface area (TPSA) is 57.3 Å². The van der Waals surface area contributed by atoms with E-state index in [1.165, 1.54) is 0 Å². The molecule has 0 radical (unpaired) electrons. The Bertz CT molecular complexity index is 422. The van der Waals surface area contributed by atoms with Crippen LogP contribution in [0.3, 0.4) is 0 Å². The predicted octanol–water partition coefficient (Wildman–Crippen LogP) is 1.80. The number of carbonyl (C=O) groups is 1. The van der Waals surface area contributed by atoms with Crippen LogP contribution in [0, 0.1) is 0 Å². The van der Waals surface area contributed by atoms with Crippen molar-refractivity contribution < 1.29 is 23.7 Å². The average Bonchev–Trinajstić information content (AvgIpc) is 3.21. The Morgan fingerprint density at radius 3 is 2.47 bits per heavy atom. The number of hydrogen-bond acceptors (Lipinski definition) is 5. The number of carbonyl (C=O) groups excluding carboxylic acids is 1. The van der Waals surface area contributed by atoms with Gasteiger partial charge in [-0.3, -0.25) is 0 Å². The Morgan fingerprint density at radius 2 is 1.95 bits per heavy atom. The van der Waals surface area contributed by atoms with Gasteiger partial charge in [0.05, 0.1) is 26.9 Å². The summed E-state index contributed by atoms with van der Waals surface area (Å²) in [7, 11) is 1.61. The molecule has 19 heavy (non-hydrogen) atoms. The number of rotatable bonds is 7. The third kappa shape index (κ3) is 3.38. The molecule has 5 nitrogen and oxygen atoms in total. The van der Waals surface area contributed by atoms with Crippen LogP contribution in [0.4, 0.5) is 0 Å². The molecule has 0 N–H and O–H groups in total. The molecule has 1 aliphatic heterocycles. The maximum atomic E-state index is 11.6. The monoisotopic (exact) mass is 266 g/mol. The largest absolute Gasteiger partial charge is 0.497 e. The second-order valence-electron chi connectivity index (χ2n) is 4.28. The molecule has 0 spiro atoms. The Morgan fingerprint density at radius 1 is 1.32 bits per heavy atom. The van der Waals surface area contributed by atoms with Crippen molar-refractivity contribution in [1.82, 2.24) is 0 Å². The van der Waals surface area contributed by atoms with E-state index in [1.54, 1.807) is 14.0 Å². The van der Waals surface area contributed by atoms with Gasteiger partial charge in [-0.2, -0.15) is 0 Å². The van der Waals surface area contributed by atoms with E-state index < -0.39 is 5.60 Å². The highest BCUT2D eigenvalue weighted by atomic mass is 16.6. The van der Waals surface area contributed by atoms with Gasteiger partial charge >= 0.3 is 5.97 Å². The van der Waals surface area contributed by atoms with E-state index in [9.17, 15) is 4.79 Å². The van der Waals surface area contributed by atoms with E-state index in [0.717, 1.165) is 11.5 Å². The van der Waals surface area contributed by atoms with Crippen molar-refractivity contribution in [2.24, 2.45) is 0 Å². The lowest BCUT2D eigenvalue weighted by atomic mass is 10.1. The van der Waals surface area contributed by atoms with Crippen LogP contribution in [-0.4, -0.2) is 38.5 Å². The molecule has 0 bridgehead atoms. The summed E-state index contributed by atoms with van der Waals surface area (Å²) in [6.07, 6.45) is 0.498. The molecule has 1 aliphatic rings. The molecule has 1 aromatic carbocycles. The van der Waals surface area contributed by atoms with Crippen LogP contribution in [0.5, 0.6) is 11.5 Å². The summed E-state index contributed by atoms with van der Waals surface area (Å²) in [5.41, 5.74) is -0.775. The first kappa shape index (κ1) is 13.7. The zero-order valence-electron chi connectivity index (χ0n) is 11.2. The lowest BCUT2D eigenvalue weighted by Crippen LogP contribution is -2.29. The molecule has 1 unspecified atom stereocenters. The highest BCUT2D eigenvalue weighted by Crippen LogP contribution is 2.32. The molecule has 1 atom stereocenters. The normalized spacial score (nSPS) is 20.7. The highest BCUT2D eigenvalue weighted by molar-refractivity contribution is 5.82. The Balaban J connectivity index is 1.78. The van der Waals surface area contributed by atoms with Crippen molar-refractivity contribution in [2.75, 3.05) is 26.9 Å². The van der Waals surface area contributed by atoms with Crippen LogP contribution in [0.1, 0.15) is 13.3 Å². The van der Waals surface area contributed by atoms with Gasteiger partial charge in [-0.25, -0.2) is 4.79 Å². The fourth-order valence-corrected chi connectivity index (χ4v) is 1.72. The van der Waals surface area contributed by atoms with Crippen LogP contribution in [0.15, 0.2) is 24.3 Å². The number of methoxy groups -OCH3 is 1. The maximum absolute atomic E-state index is 11.6. The molecule has 1 heterocycles. The summed E-state index contributed by atoms with van der Waals surface area (Å²) in [5.74, 6) is 1.22. The summed E-state index contributed by atoms with van der Waals surface area (Å²) in [6, 6.07) is 7.29. The number of benzene rings is 1. The third-order valence-electron chi connectivity index (χ3n) is 2.97. The van der Waals surface area contributed by atoms with Crippen molar-refractivity contribution in [3.8, 4) is 11.5 Å². The van der Waals surface area contributed by atoms with Gasteiger partial charge in [0, 0.05) is 6.42 Å². The number of ether oxygens (including phenoxy) is 4. The van der Waals surface area contributed by atoms with Crippen LogP contribution < -0.4 is 9.47 Å². The molecular weight excluding hydrogens is 248 g/mol. The van der Waals surface area contributed by atoms with E-state index in [1.807, 2.05) is 24.3 Å². The zero-order chi connectivity index (χ0) is 13.7. The molecule has 5 heteroatoms. The molecule has 1 fully saturated rings. The van der Waals surface area contributed by atoms with Crippen LogP contribution >= 0.6 is 0 Å². The van der Waals surface area contributed by atoms with Gasteiger partial charge in [0.2, 0.25) is 0 Å². The summed E-state index contributed by atoms with van der Waals surface area (Å²) in [5, 5.41) is 0. The van der Waals surface area contributed by atoms with Gasteiger partial charge in [0.25, 0.3) is 0 Å². The standard InChI is InChI=1S/C14H18O5/c1-3-17-13(15)14(10-19-14)8-9-18-12-6-4-11(16-2)5-7-12/h4-7H,3,8-10H2,1-2H3. The van der Waals surface area contributed by atoms with Crippen molar-refractivity contribution >= 4 is 5.97 Å². The minimum Gasteiger partial charge on any atom is -0.497 e. The number of esters is 1. The Kier molecular flexibility index (Phi) is 4.27. The molecule has 0 aliphatic carbocycles. The smallest absolute Gasteiger partial charge is 0.340 e. The molecule has 104 valence electrons. The lowest BCUT2D eigenvalue weighted by Gasteiger charge is -2.11. The molecule has 1 aromatic rings. The van der Waals surface area contributed by atoms with E-state index in [0.29, 0.717) is 26.2 Å². The van der Waals surface area contributed by atoms with Gasteiger partial charge in [0.1, 0.15) is 11.5 Å². The Hall–Kier alpha value is -1.75. The van der Waals surface area contributed by atoms with Crippen LogP contribution in [0.25, 0.3) is 0 Å². The average molecular weight is 266 g/mol. The molecule has 1 saturated heterocycles. The van der Waals surface area contributed by atoms with Gasteiger partial charge in [-0.1, -0.05) is 0 Å². The third-order valence-corrected chi connectivity index (χ3v) is 2.97. The second kappa shape index (κ2) is 5.93. The fraction of sp³-hybridized carbons (Fsp3) is 0.500. The molecule has 0 saturated carbocycles. The first-order valence-corrected chi connectivity index (χ1v) is 6.28. The van der Waals surface area contributed by atoms with Crippen LogP contribution in [0.2, 0.25) is 0 Å². The zero-order valence-corrected chi connectivity index (χ0v) is 11.2. The summed E-state index contributed by atoms with van der Waals surface area (Å²) in [4.78, 5) is 11.6. The fourth-order valence-electron chi connectivity index (χ4n) is 1.72. The minimum absolute atomic E-state index is 0.298. The van der Waals surface area contributed by atoms with Crippen molar-refractivity contribution in [2.45, 2.75) is 18.9 Å². The van der Waals surface area contributed by atoms with E-state index in [4.69, 9.17) is 18.9 Å². The lowest BCUT2D eigenvalue weighted by molar-refractivity contribution is -0.150. The summed E-state index contributed by atoms with van der Waals surface area (Å²) in [6.45, 7) is 2.97. The molecule has 0 aromatic heterocycles. The predicted molar refractivity (Wildman–Crippen MR) is 68.4 cm³/mol. The quantitative estimate of drug-likeness (QED) is 0.556. The number of hydrogen-bond donors (Lipinski definition) is 0. The maximum Gasteiger partial charge on any atom is 0.340 e. The van der Waals surface area contributed by atoms with Crippen LogP contribution in [-0.2, 0) is 14.3 Å². The minimum atomic E-state index is -0.775. The van der Waals surface area contributed by atoms with Crippen molar-refractivity contribution in [3.05, 3.63) is 24.3 Å². The Labute approximate surface area is 112 Å². The van der Waals surface area contributed by atoms with E-state index >= 15 is 0 Å². The van der Waals surface area contributed by atoms with E-state index in [-0.39, 0.29) is 5.97 Å². The van der Waals surface area contributed by atoms with Crippen molar-refractivity contribution in [1.29, 1.82) is 0 Å². The first-order valence-electron chi connectivity index (χ1n) is 6.28. The first-order chi connectivity index (χ1) is 9.20. The highest BCUT2D eigenvalue weighted by Gasteiger charge is 2.53. The summed E-state index contributed by atoms with van der Waals surface area (Å²) < 4.78 is 20.8. The van der Waals surface area contributed by atoms with Gasteiger partial charge in [-0.05, 0) is 31.2 Å². The summed E-state index contributed by atoms with van der Waals surface area (Å²) >= 11 is 0. The van der Waals surface area contributed by atoms with Gasteiger partial charge in [-0.15, -0.1) is 0 Å². The second-order valence-corrected chi connectivity index (χ2v) is 4.28. The molecule has 2 rings (SSSR count). The molecule has 0 amide bonds. The SMILES string of the molecule is CCOC(=O)C1(CCOc2ccc(OC)cc2)CO1. The van der Waals surface area contributed by atoms with Gasteiger partial charge in [0.15, 0.2) is 5.60 Å². The van der Waals surface area contributed by atoms with Gasteiger partial charge < -0.3 is 18.9 Å². The molecular formula is C14H18O5. The van der Waals surface area contributed by atoms with Crippen molar-refractivity contribution in [3.63, 3.8) is 0 Å². The van der Waals surface area contributed by atoms with E-state index in [2.05, 4.69) is 0 Å². The number of epoxide rings is 1.